The molecule has 0 bridgehead atoms. The van der Waals surface area contributed by atoms with Gasteiger partial charge in [0.05, 0.1) is 5.25 Å². The Hall–Kier alpha value is -1.25. The van der Waals surface area contributed by atoms with E-state index in [1.165, 1.54) is 23.1 Å². The van der Waals surface area contributed by atoms with Crippen molar-refractivity contribution in [3.63, 3.8) is 0 Å². The Balaban J connectivity index is 1.91. The number of anilines is 2. The molecule has 0 aliphatic heterocycles. The second-order valence-corrected chi connectivity index (χ2v) is 9.03. The summed E-state index contributed by atoms with van der Waals surface area (Å²) >= 11 is 4.63. The molecule has 2 rings (SSSR count). The highest BCUT2D eigenvalue weighted by Gasteiger charge is 2.17. The fraction of sp³-hybridized carbons (Fsp3) is 0.400. The van der Waals surface area contributed by atoms with Gasteiger partial charge < -0.3 is 10.2 Å². The molecule has 1 unspecified atom stereocenters. The van der Waals surface area contributed by atoms with E-state index in [4.69, 9.17) is 0 Å². The Labute approximate surface area is 149 Å². The maximum Gasteiger partial charge on any atom is 0.237 e. The number of hydrogen-bond donors (Lipinski definition) is 1. The lowest BCUT2D eigenvalue weighted by molar-refractivity contribution is -0.115. The number of thioether (sulfide) groups is 2. The molecular formula is C15H20N4OS3. The molecule has 0 spiro atoms. The van der Waals surface area contributed by atoms with E-state index in [-0.39, 0.29) is 11.2 Å². The Morgan fingerprint density at radius 3 is 2.52 bits per heavy atom. The highest BCUT2D eigenvalue weighted by molar-refractivity contribution is 8.03. The molecule has 1 aromatic heterocycles. The zero-order chi connectivity index (χ0) is 16.8. The first-order chi connectivity index (χ1) is 11.0. The largest absolute Gasteiger partial charge is 0.378 e. The summed E-state index contributed by atoms with van der Waals surface area (Å²) in [6.07, 6.45) is 0. The van der Waals surface area contributed by atoms with Crippen LogP contribution in [0.2, 0.25) is 0 Å². The van der Waals surface area contributed by atoms with Crippen molar-refractivity contribution in [3.8, 4) is 0 Å². The minimum absolute atomic E-state index is 0.0347. The molecule has 8 heteroatoms. The fourth-order valence-corrected chi connectivity index (χ4v) is 4.78. The molecule has 1 amide bonds. The second-order valence-electron chi connectivity index (χ2n) is 4.96. The number of aromatic nitrogens is 2. The lowest BCUT2D eigenvalue weighted by Gasteiger charge is -2.14. The van der Waals surface area contributed by atoms with Gasteiger partial charge in [0.25, 0.3) is 0 Å². The lowest BCUT2D eigenvalue weighted by Crippen LogP contribution is -2.22. The van der Waals surface area contributed by atoms with Gasteiger partial charge in [-0.15, -0.1) is 10.2 Å². The lowest BCUT2D eigenvalue weighted by atomic mass is 10.2. The molecule has 0 radical (unpaired) electrons. The average Bonchev–Trinajstić information content (AvgIpc) is 2.95. The molecule has 1 heterocycles. The van der Waals surface area contributed by atoms with Gasteiger partial charge in [-0.05, 0) is 36.9 Å². The van der Waals surface area contributed by atoms with Crippen LogP contribution in [0.4, 0.5) is 11.4 Å². The zero-order valence-electron chi connectivity index (χ0n) is 13.6. The van der Waals surface area contributed by atoms with Crippen molar-refractivity contribution in [2.45, 2.75) is 27.8 Å². The van der Waals surface area contributed by atoms with Gasteiger partial charge in [-0.2, -0.15) is 0 Å². The molecule has 5 nitrogen and oxygen atoms in total. The summed E-state index contributed by atoms with van der Waals surface area (Å²) in [7, 11) is 3.97. The summed E-state index contributed by atoms with van der Waals surface area (Å²) in [5.41, 5.74) is 1.90. The third-order valence-electron chi connectivity index (χ3n) is 2.95. The number of carbonyl (C=O) groups excluding carboxylic acids is 1. The highest BCUT2D eigenvalue weighted by Crippen LogP contribution is 2.31. The Kier molecular flexibility index (Phi) is 6.73. The van der Waals surface area contributed by atoms with E-state index in [1.54, 1.807) is 11.8 Å². The van der Waals surface area contributed by atoms with E-state index < -0.39 is 0 Å². The van der Waals surface area contributed by atoms with E-state index >= 15 is 0 Å². The third-order valence-corrected chi connectivity index (χ3v) is 6.08. The van der Waals surface area contributed by atoms with Gasteiger partial charge in [0.2, 0.25) is 5.91 Å². The standard InChI is InChI=1S/C15H20N4OS3/c1-5-21-14-17-18-15(23-14)22-10(2)13(20)16-11-6-8-12(9-7-11)19(3)4/h6-10H,5H2,1-4H3,(H,16,20). The van der Waals surface area contributed by atoms with Crippen LogP contribution in [-0.2, 0) is 4.79 Å². The predicted octanol–water partition coefficient (Wildman–Crippen LogP) is 3.84. The quantitative estimate of drug-likeness (QED) is 0.750. The van der Waals surface area contributed by atoms with Crippen LogP contribution in [0.1, 0.15) is 13.8 Å². The number of carbonyl (C=O) groups is 1. The van der Waals surface area contributed by atoms with Crippen LogP contribution >= 0.6 is 34.9 Å². The van der Waals surface area contributed by atoms with E-state index in [0.717, 1.165) is 25.8 Å². The first-order valence-electron chi connectivity index (χ1n) is 7.20. The maximum absolute atomic E-state index is 12.3. The molecular weight excluding hydrogens is 348 g/mol. The number of nitrogens with zero attached hydrogens (tertiary/aromatic N) is 3. The molecule has 124 valence electrons. The smallest absolute Gasteiger partial charge is 0.237 e. The van der Waals surface area contributed by atoms with Gasteiger partial charge in [-0.3, -0.25) is 4.79 Å². The van der Waals surface area contributed by atoms with Crippen molar-refractivity contribution in [2.24, 2.45) is 0 Å². The van der Waals surface area contributed by atoms with Crippen molar-refractivity contribution in [2.75, 3.05) is 30.1 Å². The molecule has 23 heavy (non-hydrogen) atoms. The summed E-state index contributed by atoms with van der Waals surface area (Å²) < 4.78 is 1.77. The highest BCUT2D eigenvalue weighted by atomic mass is 32.2. The summed E-state index contributed by atoms with van der Waals surface area (Å²) in [6.45, 7) is 3.96. The molecule has 1 aromatic carbocycles. The molecule has 1 N–H and O–H groups in total. The van der Waals surface area contributed by atoms with Gasteiger partial charge in [-0.1, -0.05) is 41.8 Å². The Bertz CT molecular complexity index is 642. The normalized spacial score (nSPS) is 12.0. The number of rotatable bonds is 7. The minimum atomic E-state index is -0.226. The summed E-state index contributed by atoms with van der Waals surface area (Å²) in [5, 5.41) is 10.9. The average molecular weight is 369 g/mol. The van der Waals surface area contributed by atoms with Gasteiger partial charge in [0.1, 0.15) is 0 Å². The second kappa shape index (κ2) is 8.56. The number of hydrogen-bond acceptors (Lipinski definition) is 7. The monoisotopic (exact) mass is 368 g/mol. The Morgan fingerprint density at radius 1 is 1.26 bits per heavy atom. The predicted molar refractivity (Wildman–Crippen MR) is 101 cm³/mol. The maximum atomic E-state index is 12.3. The number of nitrogens with one attached hydrogen (secondary N) is 1. The van der Waals surface area contributed by atoms with E-state index in [0.29, 0.717) is 0 Å². The van der Waals surface area contributed by atoms with E-state index in [2.05, 4.69) is 22.4 Å². The molecule has 0 saturated heterocycles. The van der Waals surface area contributed by atoms with Crippen LogP contribution in [0.15, 0.2) is 32.9 Å². The molecule has 0 saturated carbocycles. The van der Waals surface area contributed by atoms with Crippen molar-refractivity contribution in [3.05, 3.63) is 24.3 Å². The van der Waals surface area contributed by atoms with Crippen LogP contribution in [0.3, 0.4) is 0 Å². The van der Waals surface area contributed by atoms with Crippen LogP contribution in [0, 0.1) is 0 Å². The molecule has 0 fully saturated rings. The van der Waals surface area contributed by atoms with E-state index in [1.807, 2.05) is 50.2 Å². The fourth-order valence-electron chi connectivity index (χ4n) is 1.72. The topological polar surface area (TPSA) is 58.1 Å². The SMILES string of the molecule is CCSc1nnc(SC(C)C(=O)Nc2ccc(N(C)C)cc2)s1. The molecule has 0 aliphatic carbocycles. The molecule has 2 aromatic rings. The van der Waals surface area contributed by atoms with Crippen LogP contribution in [0.25, 0.3) is 0 Å². The Morgan fingerprint density at radius 2 is 1.91 bits per heavy atom. The summed E-state index contributed by atoms with van der Waals surface area (Å²) in [4.78, 5) is 14.3. The van der Waals surface area contributed by atoms with Gasteiger partial charge in [-0.25, -0.2) is 0 Å². The van der Waals surface area contributed by atoms with Crippen molar-refractivity contribution in [1.82, 2.24) is 10.2 Å². The van der Waals surface area contributed by atoms with E-state index in [9.17, 15) is 4.79 Å². The number of amides is 1. The summed E-state index contributed by atoms with van der Waals surface area (Å²) in [6, 6.07) is 7.77. The van der Waals surface area contributed by atoms with Crippen molar-refractivity contribution >= 4 is 52.1 Å². The zero-order valence-corrected chi connectivity index (χ0v) is 16.0. The minimum Gasteiger partial charge on any atom is -0.378 e. The van der Waals surface area contributed by atoms with Gasteiger partial charge in [0, 0.05) is 25.5 Å². The van der Waals surface area contributed by atoms with Crippen molar-refractivity contribution < 1.29 is 4.79 Å². The van der Waals surface area contributed by atoms with Crippen LogP contribution in [0.5, 0.6) is 0 Å². The first-order valence-corrected chi connectivity index (χ1v) is 9.89. The third kappa shape index (κ3) is 5.40. The van der Waals surface area contributed by atoms with Crippen molar-refractivity contribution in [1.29, 1.82) is 0 Å². The number of benzene rings is 1. The first kappa shape index (κ1) is 18.1. The van der Waals surface area contributed by atoms with Crippen LogP contribution in [-0.4, -0.2) is 41.2 Å². The summed E-state index contributed by atoms with van der Waals surface area (Å²) in [5.74, 6) is 0.936. The van der Waals surface area contributed by atoms with Crippen LogP contribution < -0.4 is 10.2 Å². The molecule has 0 aliphatic rings. The van der Waals surface area contributed by atoms with Gasteiger partial charge in [0.15, 0.2) is 8.68 Å². The van der Waals surface area contributed by atoms with Gasteiger partial charge >= 0.3 is 0 Å². The molecule has 1 atom stereocenters.